The van der Waals surface area contributed by atoms with Gasteiger partial charge in [0.05, 0.1) is 17.7 Å². The standard InChI is InChI=1S/C19H29BrN2O3/c1-4-11-25-19-17(20)13-16(14-18(19)24-5-2)15-22-8-6-21(7-9-22)10-12-23-3/h4,13-14H,1,5-12,15H2,2-3H3. The third-order valence-corrected chi connectivity index (χ3v) is 4.79. The third-order valence-electron chi connectivity index (χ3n) is 4.20. The number of ether oxygens (including phenoxy) is 3. The summed E-state index contributed by atoms with van der Waals surface area (Å²) in [6, 6.07) is 4.21. The summed E-state index contributed by atoms with van der Waals surface area (Å²) in [6.45, 7) is 13.8. The summed E-state index contributed by atoms with van der Waals surface area (Å²) in [6.07, 6.45) is 1.74. The molecule has 1 aromatic rings. The van der Waals surface area contributed by atoms with Gasteiger partial charge < -0.3 is 14.2 Å². The summed E-state index contributed by atoms with van der Waals surface area (Å²) in [5.74, 6) is 1.53. The Labute approximate surface area is 159 Å². The van der Waals surface area contributed by atoms with Crippen LogP contribution in [-0.4, -0.2) is 69.5 Å². The van der Waals surface area contributed by atoms with Crippen LogP contribution in [0.2, 0.25) is 0 Å². The van der Waals surface area contributed by atoms with E-state index in [0.29, 0.717) is 13.2 Å². The maximum absolute atomic E-state index is 5.78. The van der Waals surface area contributed by atoms with Crippen molar-refractivity contribution >= 4 is 15.9 Å². The summed E-state index contributed by atoms with van der Waals surface area (Å²) in [5, 5.41) is 0. The second kappa shape index (κ2) is 10.8. The molecule has 0 aliphatic carbocycles. The molecule has 0 spiro atoms. The van der Waals surface area contributed by atoms with Gasteiger partial charge >= 0.3 is 0 Å². The SMILES string of the molecule is C=CCOc1c(Br)cc(CN2CCN(CCOC)CC2)cc1OCC. The lowest BCUT2D eigenvalue weighted by Crippen LogP contribution is -2.46. The maximum Gasteiger partial charge on any atom is 0.175 e. The van der Waals surface area contributed by atoms with Crippen LogP contribution in [0.1, 0.15) is 12.5 Å². The Morgan fingerprint density at radius 1 is 1.16 bits per heavy atom. The van der Waals surface area contributed by atoms with Crippen LogP contribution in [0.4, 0.5) is 0 Å². The molecule has 0 radical (unpaired) electrons. The first kappa shape index (κ1) is 20.2. The number of methoxy groups -OCH3 is 1. The Bertz CT molecular complexity index is 546. The van der Waals surface area contributed by atoms with Crippen molar-refractivity contribution < 1.29 is 14.2 Å². The lowest BCUT2D eigenvalue weighted by molar-refractivity contribution is 0.0937. The highest BCUT2D eigenvalue weighted by atomic mass is 79.9. The van der Waals surface area contributed by atoms with E-state index in [4.69, 9.17) is 14.2 Å². The smallest absolute Gasteiger partial charge is 0.175 e. The first-order valence-corrected chi connectivity index (χ1v) is 9.59. The highest BCUT2D eigenvalue weighted by molar-refractivity contribution is 9.10. The van der Waals surface area contributed by atoms with E-state index in [2.05, 4.69) is 44.4 Å². The molecule has 5 nitrogen and oxygen atoms in total. The lowest BCUT2D eigenvalue weighted by Gasteiger charge is -2.34. The number of piperazine rings is 1. The number of hydrogen-bond acceptors (Lipinski definition) is 5. The van der Waals surface area contributed by atoms with Gasteiger partial charge in [-0.2, -0.15) is 0 Å². The van der Waals surface area contributed by atoms with E-state index in [-0.39, 0.29) is 0 Å². The van der Waals surface area contributed by atoms with Crippen molar-refractivity contribution in [3.8, 4) is 11.5 Å². The Balaban J connectivity index is 1.99. The van der Waals surface area contributed by atoms with E-state index >= 15 is 0 Å². The third kappa shape index (κ3) is 6.29. The van der Waals surface area contributed by atoms with Crippen LogP contribution in [0.3, 0.4) is 0 Å². The highest BCUT2D eigenvalue weighted by Crippen LogP contribution is 2.37. The first-order valence-electron chi connectivity index (χ1n) is 8.80. The van der Waals surface area contributed by atoms with Crippen LogP contribution >= 0.6 is 15.9 Å². The Hall–Kier alpha value is -1.08. The minimum absolute atomic E-state index is 0.460. The van der Waals surface area contributed by atoms with Crippen molar-refractivity contribution in [2.45, 2.75) is 13.5 Å². The summed E-state index contributed by atoms with van der Waals surface area (Å²) in [5.41, 5.74) is 1.23. The van der Waals surface area contributed by atoms with Gasteiger partial charge in [-0.3, -0.25) is 9.80 Å². The largest absolute Gasteiger partial charge is 0.490 e. The monoisotopic (exact) mass is 412 g/mol. The van der Waals surface area contributed by atoms with Gasteiger partial charge in [-0.15, -0.1) is 0 Å². The van der Waals surface area contributed by atoms with Crippen LogP contribution in [-0.2, 0) is 11.3 Å². The molecule has 1 aromatic carbocycles. The topological polar surface area (TPSA) is 34.2 Å². The van der Waals surface area contributed by atoms with Gasteiger partial charge in [-0.25, -0.2) is 0 Å². The van der Waals surface area contributed by atoms with E-state index in [1.54, 1.807) is 13.2 Å². The molecule has 1 saturated heterocycles. The molecule has 1 fully saturated rings. The van der Waals surface area contributed by atoms with Gasteiger partial charge in [-0.1, -0.05) is 12.7 Å². The Kier molecular flexibility index (Phi) is 8.75. The van der Waals surface area contributed by atoms with Crippen LogP contribution in [0.5, 0.6) is 11.5 Å². The molecule has 1 aliphatic rings. The maximum atomic E-state index is 5.78. The highest BCUT2D eigenvalue weighted by Gasteiger charge is 2.18. The minimum Gasteiger partial charge on any atom is -0.490 e. The second-order valence-corrected chi connectivity index (χ2v) is 6.90. The molecule has 0 amide bonds. The van der Waals surface area contributed by atoms with E-state index in [9.17, 15) is 0 Å². The predicted octanol–water partition coefficient (Wildman–Crippen LogP) is 3.18. The molecular weight excluding hydrogens is 384 g/mol. The molecular formula is C19H29BrN2O3. The van der Waals surface area contributed by atoms with E-state index in [0.717, 1.165) is 61.8 Å². The average Bonchev–Trinajstić information content (AvgIpc) is 2.61. The molecule has 2 rings (SSSR count). The fourth-order valence-corrected chi connectivity index (χ4v) is 3.51. The number of rotatable bonds is 10. The first-order chi connectivity index (χ1) is 12.2. The zero-order valence-corrected chi connectivity index (χ0v) is 16.9. The van der Waals surface area contributed by atoms with Gasteiger partial charge in [0.2, 0.25) is 0 Å². The molecule has 140 valence electrons. The summed E-state index contributed by atoms with van der Waals surface area (Å²) in [4.78, 5) is 4.93. The number of halogens is 1. The molecule has 6 heteroatoms. The number of nitrogens with zero attached hydrogens (tertiary/aromatic N) is 2. The van der Waals surface area contributed by atoms with Crippen molar-refractivity contribution in [1.29, 1.82) is 0 Å². The molecule has 0 atom stereocenters. The summed E-state index contributed by atoms with van der Waals surface area (Å²) in [7, 11) is 1.76. The number of hydrogen-bond donors (Lipinski definition) is 0. The molecule has 1 aliphatic heterocycles. The zero-order valence-electron chi connectivity index (χ0n) is 15.3. The molecule has 0 saturated carbocycles. The van der Waals surface area contributed by atoms with Crippen molar-refractivity contribution in [2.24, 2.45) is 0 Å². The van der Waals surface area contributed by atoms with Crippen LogP contribution in [0.25, 0.3) is 0 Å². The Morgan fingerprint density at radius 2 is 1.88 bits per heavy atom. The fraction of sp³-hybridized carbons (Fsp3) is 0.579. The zero-order chi connectivity index (χ0) is 18.1. The van der Waals surface area contributed by atoms with Crippen molar-refractivity contribution in [2.75, 3.05) is 59.7 Å². The second-order valence-electron chi connectivity index (χ2n) is 6.05. The van der Waals surface area contributed by atoms with Gasteiger partial charge in [0.15, 0.2) is 11.5 Å². The van der Waals surface area contributed by atoms with E-state index in [1.165, 1.54) is 5.56 Å². The van der Waals surface area contributed by atoms with Gasteiger partial charge in [0.1, 0.15) is 6.61 Å². The molecule has 0 unspecified atom stereocenters. The number of benzene rings is 1. The van der Waals surface area contributed by atoms with Gasteiger partial charge in [-0.05, 0) is 40.5 Å². The van der Waals surface area contributed by atoms with Crippen molar-refractivity contribution in [3.05, 3.63) is 34.8 Å². The molecule has 0 bridgehead atoms. The van der Waals surface area contributed by atoms with Crippen molar-refractivity contribution in [3.63, 3.8) is 0 Å². The summed E-state index contributed by atoms with van der Waals surface area (Å²) >= 11 is 3.62. The van der Waals surface area contributed by atoms with E-state index in [1.807, 2.05) is 6.92 Å². The molecule has 1 heterocycles. The molecule has 0 N–H and O–H groups in total. The van der Waals surface area contributed by atoms with Gasteiger partial charge in [0.25, 0.3) is 0 Å². The van der Waals surface area contributed by atoms with Crippen LogP contribution in [0.15, 0.2) is 29.3 Å². The van der Waals surface area contributed by atoms with Crippen molar-refractivity contribution in [1.82, 2.24) is 9.80 Å². The normalized spacial score (nSPS) is 16.0. The minimum atomic E-state index is 0.460. The predicted molar refractivity (Wildman–Crippen MR) is 105 cm³/mol. The summed E-state index contributed by atoms with van der Waals surface area (Å²) < 4.78 is 17.6. The molecule has 25 heavy (non-hydrogen) atoms. The quantitative estimate of drug-likeness (QED) is 0.551. The van der Waals surface area contributed by atoms with Crippen LogP contribution < -0.4 is 9.47 Å². The van der Waals surface area contributed by atoms with Crippen LogP contribution in [0, 0.1) is 0 Å². The van der Waals surface area contributed by atoms with E-state index < -0.39 is 0 Å². The lowest BCUT2D eigenvalue weighted by atomic mass is 10.1. The molecule has 0 aromatic heterocycles. The fourth-order valence-electron chi connectivity index (χ4n) is 2.91. The Morgan fingerprint density at radius 3 is 2.52 bits per heavy atom. The van der Waals surface area contributed by atoms with Gasteiger partial charge in [0, 0.05) is 46.4 Å². The average molecular weight is 413 g/mol.